The van der Waals surface area contributed by atoms with Crippen molar-refractivity contribution in [2.45, 2.75) is 38.6 Å². The van der Waals surface area contributed by atoms with Gasteiger partial charge < -0.3 is 14.8 Å². The Morgan fingerprint density at radius 2 is 2.17 bits per heavy atom. The quantitative estimate of drug-likeness (QED) is 0.669. The molecule has 24 heavy (non-hydrogen) atoms. The van der Waals surface area contributed by atoms with Gasteiger partial charge in [-0.25, -0.2) is 0 Å². The number of halogens is 1. The number of rotatable bonds is 3. The van der Waals surface area contributed by atoms with E-state index in [1.54, 1.807) is 12.1 Å². The van der Waals surface area contributed by atoms with Crippen LogP contribution in [0.25, 0.3) is 6.08 Å². The van der Waals surface area contributed by atoms with Crippen molar-refractivity contribution in [3.8, 4) is 17.6 Å². The van der Waals surface area contributed by atoms with Gasteiger partial charge in [0.25, 0.3) is 5.91 Å². The molecule has 0 unspecified atom stereocenters. The van der Waals surface area contributed by atoms with Crippen LogP contribution in [0.2, 0.25) is 5.02 Å². The van der Waals surface area contributed by atoms with E-state index < -0.39 is 0 Å². The lowest BCUT2D eigenvalue weighted by Crippen LogP contribution is -2.41. The third-order valence-electron chi connectivity index (χ3n) is 4.55. The Labute approximate surface area is 146 Å². The van der Waals surface area contributed by atoms with Crippen LogP contribution in [0.15, 0.2) is 17.7 Å². The van der Waals surface area contributed by atoms with Gasteiger partial charge in [-0.2, -0.15) is 5.26 Å². The summed E-state index contributed by atoms with van der Waals surface area (Å²) in [7, 11) is 0. The lowest BCUT2D eigenvalue weighted by Gasteiger charge is -2.29. The zero-order valence-corrected chi connectivity index (χ0v) is 14.2. The molecule has 1 N–H and O–H groups in total. The van der Waals surface area contributed by atoms with Gasteiger partial charge in [0.05, 0.1) is 5.02 Å². The van der Waals surface area contributed by atoms with Gasteiger partial charge in [0.15, 0.2) is 11.5 Å². The molecule has 2 atom stereocenters. The van der Waals surface area contributed by atoms with Gasteiger partial charge in [-0.3, -0.25) is 4.79 Å². The minimum absolute atomic E-state index is 0.0581. The molecule has 1 aromatic rings. The van der Waals surface area contributed by atoms with Crippen LogP contribution < -0.4 is 14.8 Å². The van der Waals surface area contributed by atoms with E-state index in [0.29, 0.717) is 28.0 Å². The molecule has 0 aromatic heterocycles. The third-order valence-corrected chi connectivity index (χ3v) is 4.83. The van der Waals surface area contributed by atoms with Crippen LogP contribution in [-0.4, -0.2) is 18.7 Å². The first-order valence-corrected chi connectivity index (χ1v) is 8.48. The summed E-state index contributed by atoms with van der Waals surface area (Å²) >= 11 is 6.14. The summed E-state index contributed by atoms with van der Waals surface area (Å²) in [5.41, 5.74) is 0.690. The first-order chi connectivity index (χ1) is 11.6. The molecule has 5 nitrogen and oxygen atoms in total. The summed E-state index contributed by atoms with van der Waals surface area (Å²) in [4.78, 5) is 12.4. The average molecular weight is 347 g/mol. The Balaban J connectivity index is 1.78. The molecule has 1 amide bonds. The highest BCUT2D eigenvalue weighted by Crippen LogP contribution is 2.40. The van der Waals surface area contributed by atoms with Crippen LogP contribution in [-0.2, 0) is 4.79 Å². The van der Waals surface area contributed by atoms with E-state index in [0.717, 1.165) is 19.3 Å². The van der Waals surface area contributed by atoms with Crippen molar-refractivity contribution in [2.75, 3.05) is 6.79 Å². The molecule has 2 aliphatic rings. The zero-order valence-electron chi connectivity index (χ0n) is 13.5. The zero-order chi connectivity index (χ0) is 17.1. The van der Waals surface area contributed by atoms with Gasteiger partial charge in [-0.15, -0.1) is 0 Å². The highest BCUT2D eigenvalue weighted by Gasteiger charge is 2.24. The molecular formula is C18H19ClN2O3. The number of amides is 1. The Bertz CT molecular complexity index is 724. The second-order valence-electron chi connectivity index (χ2n) is 6.25. The molecule has 1 heterocycles. The Morgan fingerprint density at radius 1 is 1.38 bits per heavy atom. The summed E-state index contributed by atoms with van der Waals surface area (Å²) in [6.45, 7) is 2.25. The molecule has 3 rings (SSSR count). The van der Waals surface area contributed by atoms with Crippen molar-refractivity contribution in [2.24, 2.45) is 5.92 Å². The summed E-state index contributed by atoms with van der Waals surface area (Å²) in [5, 5.41) is 12.7. The van der Waals surface area contributed by atoms with Crippen molar-refractivity contribution in [3.05, 3.63) is 28.3 Å². The molecule has 1 aromatic carbocycles. The number of nitrogens with one attached hydrogen (secondary N) is 1. The van der Waals surface area contributed by atoms with Crippen molar-refractivity contribution in [3.63, 3.8) is 0 Å². The minimum atomic E-state index is -0.343. The van der Waals surface area contributed by atoms with E-state index in [9.17, 15) is 10.1 Å². The second-order valence-corrected chi connectivity index (χ2v) is 6.66. The molecule has 0 saturated heterocycles. The first-order valence-electron chi connectivity index (χ1n) is 8.10. The standard InChI is InChI=1S/C18H19ClN2O3/c1-11-4-2-3-5-15(11)21-18(22)13(9-20)6-12-7-14(19)17-16(8-12)23-10-24-17/h6-8,11,15H,2-5,10H2,1H3,(H,21,22)/b13-6+/t11-,15+/m0/s1. The predicted octanol–water partition coefficient (Wildman–Crippen LogP) is 3.67. The summed E-state index contributed by atoms with van der Waals surface area (Å²) in [5.74, 6) is 1.10. The maximum absolute atomic E-state index is 12.4. The molecule has 1 aliphatic carbocycles. The number of carbonyl (C=O) groups excluding carboxylic acids is 1. The van der Waals surface area contributed by atoms with Crippen molar-refractivity contribution in [1.82, 2.24) is 5.32 Å². The predicted molar refractivity (Wildman–Crippen MR) is 90.7 cm³/mol. The highest BCUT2D eigenvalue weighted by molar-refractivity contribution is 6.32. The van der Waals surface area contributed by atoms with E-state index in [1.165, 1.54) is 12.5 Å². The summed E-state index contributed by atoms with van der Waals surface area (Å²) in [6, 6.07) is 5.47. The summed E-state index contributed by atoms with van der Waals surface area (Å²) in [6.07, 6.45) is 5.90. The van der Waals surface area contributed by atoms with Crippen molar-refractivity contribution < 1.29 is 14.3 Å². The maximum Gasteiger partial charge on any atom is 0.262 e. The van der Waals surface area contributed by atoms with Gasteiger partial charge in [0.1, 0.15) is 11.6 Å². The smallest absolute Gasteiger partial charge is 0.262 e. The molecule has 0 bridgehead atoms. The fourth-order valence-corrected chi connectivity index (χ4v) is 3.44. The molecule has 6 heteroatoms. The topological polar surface area (TPSA) is 71.4 Å². The fraction of sp³-hybridized carbons (Fsp3) is 0.444. The molecule has 0 spiro atoms. The number of fused-ring (bicyclic) bond motifs is 1. The first kappa shape index (κ1) is 16.7. The average Bonchev–Trinajstić information content (AvgIpc) is 3.03. The van der Waals surface area contributed by atoms with Crippen LogP contribution in [0.1, 0.15) is 38.2 Å². The SMILES string of the molecule is C[C@H]1CCCC[C@H]1NC(=O)/C(C#N)=C/c1cc(Cl)c2c(c1)OCO2. The Kier molecular flexibility index (Phi) is 4.96. The lowest BCUT2D eigenvalue weighted by molar-refractivity contribution is -0.118. The van der Waals surface area contributed by atoms with Gasteiger partial charge in [-0.1, -0.05) is 31.4 Å². The molecular weight excluding hydrogens is 328 g/mol. The Hall–Kier alpha value is -2.19. The number of nitriles is 1. The van der Waals surface area contributed by atoms with Crippen LogP contribution in [0, 0.1) is 17.2 Å². The monoisotopic (exact) mass is 346 g/mol. The number of hydrogen-bond donors (Lipinski definition) is 1. The van der Waals surface area contributed by atoms with Gasteiger partial charge in [0.2, 0.25) is 6.79 Å². The van der Waals surface area contributed by atoms with Crippen LogP contribution in [0.5, 0.6) is 11.5 Å². The van der Waals surface area contributed by atoms with Crippen molar-refractivity contribution >= 4 is 23.6 Å². The molecule has 1 saturated carbocycles. The molecule has 126 valence electrons. The molecule has 1 fully saturated rings. The van der Waals surface area contributed by atoms with Gasteiger partial charge >= 0.3 is 0 Å². The van der Waals surface area contributed by atoms with Gasteiger partial charge in [0, 0.05) is 6.04 Å². The number of carbonyl (C=O) groups is 1. The largest absolute Gasteiger partial charge is 0.454 e. The van der Waals surface area contributed by atoms with E-state index in [2.05, 4.69) is 12.2 Å². The molecule has 0 radical (unpaired) electrons. The van der Waals surface area contributed by atoms with Gasteiger partial charge in [-0.05, 0) is 42.5 Å². The minimum Gasteiger partial charge on any atom is -0.454 e. The number of nitrogens with zero attached hydrogens (tertiary/aromatic N) is 1. The van der Waals surface area contributed by atoms with Crippen LogP contribution >= 0.6 is 11.6 Å². The van der Waals surface area contributed by atoms with Crippen molar-refractivity contribution in [1.29, 1.82) is 5.26 Å². The number of hydrogen-bond acceptors (Lipinski definition) is 4. The lowest BCUT2D eigenvalue weighted by atomic mass is 9.86. The van der Waals surface area contributed by atoms with E-state index >= 15 is 0 Å². The Morgan fingerprint density at radius 3 is 2.92 bits per heavy atom. The van der Waals surface area contributed by atoms with Crippen LogP contribution in [0.4, 0.5) is 0 Å². The van der Waals surface area contributed by atoms with E-state index in [4.69, 9.17) is 21.1 Å². The molecule has 1 aliphatic heterocycles. The maximum atomic E-state index is 12.4. The fourth-order valence-electron chi connectivity index (χ4n) is 3.16. The van der Waals surface area contributed by atoms with E-state index in [1.807, 2.05) is 6.07 Å². The normalized spacial score (nSPS) is 22.8. The second kappa shape index (κ2) is 7.14. The number of benzene rings is 1. The number of ether oxygens (including phenoxy) is 2. The highest BCUT2D eigenvalue weighted by atomic mass is 35.5. The third kappa shape index (κ3) is 3.49. The van der Waals surface area contributed by atoms with Crippen LogP contribution in [0.3, 0.4) is 0 Å². The summed E-state index contributed by atoms with van der Waals surface area (Å²) < 4.78 is 10.6. The van der Waals surface area contributed by atoms with E-state index in [-0.39, 0.29) is 24.3 Å².